The summed E-state index contributed by atoms with van der Waals surface area (Å²) < 4.78 is 0. The molecule has 2 aliphatic heterocycles. The minimum atomic E-state index is -0.0143. The number of amides is 1. The fourth-order valence-corrected chi connectivity index (χ4v) is 4.10. The van der Waals surface area contributed by atoms with Crippen LogP contribution in [0.25, 0.3) is 11.3 Å². The van der Waals surface area contributed by atoms with Crippen LogP contribution in [0.15, 0.2) is 18.2 Å². The number of nitrogens with one attached hydrogen (secondary N) is 2. The Balaban J connectivity index is 1.61. The van der Waals surface area contributed by atoms with Gasteiger partial charge in [-0.3, -0.25) is 4.79 Å². The molecule has 134 valence electrons. The molecule has 6 nitrogen and oxygen atoms in total. The zero-order valence-corrected chi connectivity index (χ0v) is 15.0. The third-order valence-electron chi connectivity index (χ3n) is 5.76. The summed E-state index contributed by atoms with van der Waals surface area (Å²) in [6.45, 7) is 4.64. The molecule has 3 heterocycles. The number of benzene rings is 1. The van der Waals surface area contributed by atoms with Gasteiger partial charge < -0.3 is 15.5 Å². The van der Waals surface area contributed by atoms with Crippen molar-refractivity contribution in [2.24, 2.45) is 0 Å². The molecular formula is C20H23N5O. The summed E-state index contributed by atoms with van der Waals surface area (Å²) in [6, 6.07) is 6.52. The van der Waals surface area contributed by atoms with E-state index in [1.54, 1.807) is 0 Å². The minimum Gasteiger partial charge on any atom is -0.383 e. The van der Waals surface area contributed by atoms with Crippen molar-refractivity contribution < 1.29 is 4.79 Å². The molecule has 0 spiro atoms. The van der Waals surface area contributed by atoms with Crippen LogP contribution >= 0.6 is 0 Å². The van der Waals surface area contributed by atoms with Crippen LogP contribution in [0.4, 0.5) is 11.6 Å². The largest absolute Gasteiger partial charge is 0.383 e. The molecule has 1 aliphatic carbocycles. The maximum absolute atomic E-state index is 12.2. The van der Waals surface area contributed by atoms with E-state index in [1.165, 1.54) is 17.7 Å². The Morgan fingerprint density at radius 3 is 2.85 bits per heavy atom. The molecule has 6 heteroatoms. The zero-order chi connectivity index (χ0) is 17.7. The van der Waals surface area contributed by atoms with E-state index < -0.39 is 0 Å². The highest BCUT2D eigenvalue weighted by atomic mass is 16.1. The molecule has 0 bridgehead atoms. The molecule has 0 saturated carbocycles. The van der Waals surface area contributed by atoms with Crippen LogP contribution in [0.1, 0.15) is 41.4 Å². The number of carbonyl (C=O) groups excluding carboxylic acids is 1. The van der Waals surface area contributed by atoms with Crippen molar-refractivity contribution in [1.29, 1.82) is 0 Å². The number of aryl methyl sites for hydroxylation is 1. The summed E-state index contributed by atoms with van der Waals surface area (Å²) in [7, 11) is 0. The molecule has 2 aromatic rings. The molecule has 0 unspecified atom stereocenters. The van der Waals surface area contributed by atoms with Crippen LogP contribution in [0.3, 0.4) is 0 Å². The average Bonchev–Trinajstić information content (AvgIpc) is 3.03. The Morgan fingerprint density at radius 1 is 1.15 bits per heavy atom. The van der Waals surface area contributed by atoms with E-state index in [9.17, 15) is 4.79 Å². The second-order valence-corrected chi connectivity index (χ2v) is 7.43. The quantitative estimate of drug-likeness (QED) is 0.871. The maximum Gasteiger partial charge on any atom is 0.253 e. The summed E-state index contributed by atoms with van der Waals surface area (Å²) in [6.07, 6.45) is 4.41. The van der Waals surface area contributed by atoms with Crippen molar-refractivity contribution in [3.63, 3.8) is 0 Å². The number of hydrogen-bond acceptors (Lipinski definition) is 5. The molecule has 5 rings (SSSR count). The van der Waals surface area contributed by atoms with Crippen LogP contribution < -0.4 is 15.5 Å². The lowest BCUT2D eigenvalue weighted by Gasteiger charge is -2.39. The third-order valence-corrected chi connectivity index (χ3v) is 5.76. The lowest BCUT2D eigenvalue weighted by atomic mass is 10.0. The van der Waals surface area contributed by atoms with Gasteiger partial charge in [0.05, 0.1) is 11.3 Å². The molecule has 3 aliphatic rings. The van der Waals surface area contributed by atoms with Gasteiger partial charge in [-0.15, -0.1) is 0 Å². The van der Waals surface area contributed by atoms with Gasteiger partial charge >= 0.3 is 0 Å². The SMILES string of the molecule is C[C@H]1CCN1c1nc2c(c(-c3ccc4c(c3)NCCNC4=O)n1)CCC2. The van der Waals surface area contributed by atoms with Gasteiger partial charge in [-0.05, 0) is 44.7 Å². The molecule has 1 aromatic heterocycles. The first kappa shape index (κ1) is 15.6. The highest BCUT2D eigenvalue weighted by Crippen LogP contribution is 2.35. The van der Waals surface area contributed by atoms with Gasteiger partial charge in [-0.2, -0.15) is 0 Å². The second-order valence-electron chi connectivity index (χ2n) is 7.43. The number of hydrogen-bond donors (Lipinski definition) is 2. The number of carbonyl (C=O) groups is 1. The third kappa shape index (κ3) is 2.43. The average molecular weight is 349 g/mol. The Hall–Kier alpha value is -2.63. The molecule has 1 saturated heterocycles. The molecular weight excluding hydrogens is 326 g/mol. The van der Waals surface area contributed by atoms with E-state index in [0.717, 1.165) is 55.2 Å². The highest BCUT2D eigenvalue weighted by Gasteiger charge is 2.29. The minimum absolute atomic E-state index is 0.0143. The lowest BCUT2D eigenvalue weighted by Crippen LogP contribution is -2.46. The summed E-state index contributed by atoms with van der Waals surface area (Å²) in [4.78, 5) is 24.3. The summed E-state index contributed by atoms with van der Waals surface area (Å²) in [5.74, 6) is 0.847. The van der Waals surface area contributed by atoms with Crippen LogP contribution in [0, 0.1) is 0 Å². The lowest BCUT2D eigenvalue weighted by molar-refractivity contribution is 0.0958. The monoisotopic (exact) mass is 349 g/mol. The van der Waals surface area contributed by atoms with Crippen molar-refractivity contribution in [1.82, 2.24) is 15.3 Å². The van der Waals surface area contributed by atoms with E-state index >= 15 is 0 Å². The van der Waals surface area contributed by atoms with Gasteiger partial charge in [-0.25, -0.2) is 9.97 Å². The fraction of sp³-hybridized carbons (Fsp3) is 0.450. The van der Waals surface area contributed by atoms with Gasteiger partial charge in [0, 0.05) is 48.2 Å². The first-order chi connectivity index (χ1) is 12.7. The second kappa shape index (κ2) is 5.97. The van der Waals surface area contributed by atoms with E-state index in [2.05, 4.69) is 28.5 Å². The Bertz CT molecular complexity index is 894. The predicted octanol–water partition coefficient (Wildman–Crippen LogP) is 2.39. The van der Waals surface area contributed by atoms with Gasteiger partial charge in [0.2, 0.25) is 5.95 Å². The first-order valence-electron chi connectivity index (χ1n) is 9.53. The number of aromatic nitrogens is 2. The first-order valence-corrected chi connectivity index (χ1v) is 9.53. The van der Waals surface area contributed by atoms with Gasteiger partial charge in [0.25, 0.3) is 5.91 Å². The Morgan fingerprint density at radius 2 is 2.04 bits per heavy atom. The molecule has 1 amide bonds. The molecule has 0 radical (unpaired) electrons. The summed E-state index contributed by atoms with van der Waals surface area (Å²) in [5.41, 5.74) is 6.18. The number of anilines is 2. The molecule has 1 atom stereocenters. The highest BCUT2D eigenvalue weighted by molar-refractivity contribution is 6.01. The maximum atomic E-state index is 12.2. The number of nitrogens with zero attached hydrogens (tertiary/aromatic N) is 3. The molecule has 26 heavy (non-hydrogen) atoms. The van der Waals surface area contributed by atoms with Crippen molar-refractivity contribution in [3.05, 3.63) is 35.0 Å². The normalized spacial score (nSPS) is 21.2. The van der Waals surface area contributed by atoms with Gasteiger partial charge in [-0.1, -0.05) is 6.07 Å². The van der Waals surface area contributed by atoms with Crippen LogP contribution in [-0.2, 0) is 12.8 Å². The Labute approximate surface area is 153 Å². The van der Waals surface area contributed by atoms with Crippen LogP contribution in [0.2, 0.25) is 0 Å². The molecule has 2 N–H and O–H groups in total. The van der Waals surface area contributed by atoms with Crippen molar-refractivity contribution in [2.45, 2.75) is 38.6 Å². The van der Waals surface area contributed by atoms with E-state index in [1.807, 2.05) is 12.1 Å². The van der Waals surface area contributed by atoms with Crippen LogP contribution in [0.5, 0.6) is 0 Å². The fourth-order valence-electron chi connectivity index (χ4n) is 4.10. The van der Waals surface area contributed by atoms with E-state index in [4.69, 9.17) is 9.97 Å². The van der Waals surface area contributed by atoms with E-state index in [-0.39, 0.29) is 5.91 Å². The zero-order valence-electron chi connectivity index (χ0n) is 15.0. The topological polar surface area (TPSA) is 70.2 Å². The standard InChI is InChI=1S/C20H23N5O/c1-12-7-10-25(12)20-23-16-4-2-3-14(16)18(24-20)13-5-6-15-17(11-13)21-8-9-22-19(15)26/h5-6,11-12,21H,2-4,7-10H2,1H3,(H,22,26)/t12-/m0/s1. The summed E-state index contributed by atoms with van der Waals surface area (Å²) >= 11 is 0. The smallest absolute Gasteiger partial charge is 0.253 e. The number of rotatable bonds is 2. The number of fused-ring (bicyclic) bond motifs is 2. The van der Waals surface area contributed by atoms with E-state index in [0.29, 0.717) is 18.2 Å². The van der Waals surface area contributed by atoms with Gasteiger partial charge in [0.1, 0.15) is 0 Å². The predicted molar refractivity (Wildman–Crippen MR) is 102 cm³/mol. The van der Waals surface area contributed by atoms with Crippen LogP contribution in [-0.4, -0.2) is 41.6 Å². The van der Waals surface area contributed by atoms with Crippen molar-refractivity contribution in [2.75, 3.05) is 29.9 Å². The van der Waals surface area contributed by atoms with Gasteiger partial charge in [0.15, 0.2) is 0 Å². The summed E-state index contributed by atoms with van der Waals surface area (Å²) in [5, 5.41) is 6.28. The van der Waals surface area contributed by atoms with Crippen molar-refractivity contribution >= 4 is 17.5 Å². The Kier molecular flexibility index (Phi) is 3.58. The molecule has 1 fully saturated rings. The molecule has 1 aromatic carbocycles. The van der Waals surface area contributed by atoms with Crippen molar-refractivity contribution in [3.8, 4) is 11.3 Å².